The van der Waals surface area contributed by atoms with Gasteiger partial charge in [0.05, 0.1) is 23.7 Å². The number of hydrogen-bond acceptors (Lipinski definition) is 5. The van der Waals surface area contributed by atoms with E-state index in [4.69, 9.17) is 5.73 Å². The van der Waals surface area contributed by atoms with E-state index in [1.165, 1.54) is 16.6 Å². The summed E-state index contributed by atoms with van der Waals surface area (Å²) in [5, 5.41) is 2.07. The molecule has 4 nitrogen and oxygen atoms in total. The number of nitrogen functional groups attached to an aromatic ring is 1. The minimum Gasteiger partial charge on any atom is -0.397 e. The zero-order valence-corrected chi connectivity index (χ0v) is 13.2. The van der Waals surface area contributed by atoms with Gasteiger partial charge in [-0.3, -0.25) is 9.78 Å². The number of hydrogen-bond donors (Lipinski definition) is 1. The number of rotatable bonds is 4. The number of anilines is 1. The lowest BCUT2D eigenvalue weighted by Gasteiger charge is -2.23. The minimum atomic E-state index is 0.187. The van der Waals surface area contributed by atoms with Crippen LogP contribution in [-0.4, -0.2) is 28.1 Å². The molecule has 2 aromatic rings. The molecule has 1 fully saturated rings. The molecule has 6 heteroatoms. The average Bonchev–Trinajstić information content (AvgIpc) is 3.16. The number of pyridine rings is 1. The van der Waals surface area contributed by atoms with Crippen LogP contribution in [0.4, 0.5) is 5.69 Å². The van der Waals surface area contributed by atoms with Crippen LogP contribution in [0.1, 0.15) is 23.8 Å². The summed E-state index contributed by atoms with van der Waals surface area (Å²) < 4.78 is 0. The van der Waals surface area contributed by atoms with Crippen LogP contribution in [-0.2, 0) is 4.79 Å². The summed E-state index contributed by atoms with van der Waals surface area (Å²) in [5.41, 5.74) is 6.49. The zero-order chi connectivity index (χ0) is 14.7. The number of thioether (sulfide) groups is 1. The van der Waals surface area contributed by atoms with Crippen LogP contribution in [0, 0.1) is 0 Å². The summed E-state index contributed by atoms with van der Waals surface area (Å²) in [4.78, 5) is 20.7. The summed E-state index contributed by atoms with van der Waals surface area (Å²) in [6, 6.07) is 6.28. The molecule has 1 amide bonds. The second-order valence-corrected chi connectivity index (χ2v) is 6.96. The van der Waals surface area contributed by atoms with E-state index in [9.17, 15) is 4.79 Å². The summed E-state index contributed by atoms with van der Waals surface area (Å²) in [5.74, 6) is 0.614. The number of carbonyl (C=O) groups is 1. The van der Waals surface area contributed by atoms with Crippen molar-refractivity contribution in [1.82, 2.24) is 9.88 Å². The Morgan fingerprint density at radius 1 is 1.52 bits per heavy atom. The molecule has 1 unspecified atom stereocenters. The Morgan fingerprint density at radius 3 is 3.19 bits per heavy atom. The summed E-state index contributed by atoms with van der Waals surface area (Å²) >= 11 is 3.22. The first kappa shape index (κ1) is 14.4. The SMILES string of the molecule is Nc1cnccc1SCC(=O)N1CCCC1c1cccs1. The van der Waals surface area contributed by atoms with Gasteiger partial charge >= 0.3 is 0 Å². The molecule has 0 aliphatic carbocycles. The standard InChI is InChI=1S/C15H17N3OS2/c16-11-9-17-6-5-13(11)21-10-15(19)18-7-1-3-12(18)14-4-2-8-20-14/h2,4-6,8-9,12H,1,3,7,10,16H2. The Bertz CT molecular complexity index is 615. The third-order valence-corrected chi connectivity index (χ3v) is 5.65. The van der Waals surface area contributed by atoms with E-state index in [0.717, 1.165) is 24.3 Å². The lowest BCUT2D eigenvalue weighted by molar-refractivity contribution is -0.129. The third-order valence-electron chi connectivity index (χ3n) is 3.61. The molecule has 21 heavy (non-hydrogen) atoms. The van der Waals surface area contributed by atoms with Gasteiger partial charge in [-0.05, 0) is 30.4 Å². The fourth-order valence-electron chi connectivity index (χ4n) is 2.59. The quantitative estimate of drug-likeness (QED) is 0.879. The maximum atomic E-state index is 12.5. The second-order valence-electron chi connectivity index (χ2n) is 4.96. The monoisotopic (exact) mass is 319 g/mol. The van der Waals surface area contributed by atoms with Crippen molar-refractivity contribution in [2.45, 2.75) is 23.8 Å². The van der Waals surface area contributed by atoms with Crippen molar-refractivity contribution >= 4 is 34.7 Å². The van der Waals surface area contributed by atoms with Crippen LogP contribution in [0.2, 0.25) is 0 Å². The Morgan fingerprint density at radius 2 is 2.43 bits per heavy atom. The van der Waals surface area contributed by atoms with Crippen molar-refractivity contribution in [3.63, 3.8) is 0 Å². The number of carbonyl (C=O) groups excluding carboxylic acids is 1. The van der Waals surface area contributed by atoms with Crippen molar-refractivity contribution in [2.75, 3.05) is 18.0 Å². The van der Waals surface area contributed by atoms with Crippen LogP contribution >= 0.6 is 23.1 Å². The Labute approximate surface area is 132 Å². The van der Waals surface area contributed by atoms with Crippen LogP contribution < -0.4 is 5.73 Å². The lowest BCUT2D eigenvalue weighted by Crippen LogP contribution is -2.31. The van der Waals surface area contributed by atoms with E-state index in [1.54, 1.807) is 23.7 Å². The summed E-state index contributed by atoms with van der Waals surface area (Å²) in [7, 11) is 0. The van der Waals surface area contributed by atoms with Crippen molar-refractivity contribution in [1.29, 1.82) is 0 Å². The van der Waals surface area contributed by atoms with Gasteiger partial charge in [-0.2, -0.15) is 0 Å². The first-order valence-corrected chi connectivity index (χ1v) is 8.77. The maximum Gasteiger partial charge on any atom is 0.233 e. The van der Waals surface area contributed by atoms with Gasteiger partial charge in [-0.1, -0.05) is 6.07 Å². The summed E-state index contributed by atoms with van der Waals surface area (Å²) in [6.45, 7) is 0.855. The Kier molecular flexibility index (Phi) is 4.45. The van der Waals surface area contributed by atoms with E-state index in [-0.39, 0.29) is 11.9 Å². The fourth-order valence-corrected chi connectivity index (χ4v) is 4.28. The highest BCUT2D eigenvalue weighted by atomic mass is 32.2. The molecule has 1 saturated heterocycles. The normalized spacial score (nSPS) is 18.1. The highest BCUT2D eigenvalue weighted by molar-refractivity contribution is 8.00. The number of nitrogens with zero attached hydrogens (tertiary/aromatic N) is 2. The predicted octanol–water partition coefficient (Wildman–Crippen LogP) is 3.18. The first-order chi connectivity index (χ1) is 10.3. The molecule has 3 heterocycles. The van der Waals surface area contributed by atoms with E-state index in [0.29, 0.717) is 11.4 Å². The summed E-state index contributed by atoms with van der Waals surface area (Å²) in [6.07, 6.45) is 5.47. The molecule has 3 rings (SSSR count). The number of amides is 1. The van der Waals surface area contributed by atoms with Crippen LogP contribution in [0.5, 0.6) is 0 Å². The van der Waals surface area contributed by atoms with Gasteiger partial charge in [0.2, 0.25) is 5.91 Å². The van der Waals surface area contributed by atoms with Gasteiger partial charge in [-0.25, -0.2) is 0 Å². The molecule has 0 bridgehead atoms. The number of nitrogens with two attached hydrogens (primary N) is 1. The van der Waals surface area contributed by atoms with E-state index >= 15 is 0 Å². The van der Waals surface area contributed by atoms with Crippen molar-refractivity contribution < 1.29 is 4.79 Å². The highest BCUT2D eigenvalue weighted by Crippen LogP contribution is 2.35. The van der Waals surface area contributed by atoms with Crippen LogP contribution in [0.15, 0.2) is 40.9 Å². The van der Waals surface area contributed by atoms with Gasteiger partial charge < -0.3 is 10.6 Å². The molecule has 1 aliphatic heterocycles. The van der Waals surface area contributed by atoms with Crippen LogP contribution in [0.25, 0.3) is 0 Å². The van der Waals surface area contributed by atoms with Gasteiger partial charge in [0.1, 0.15) is 0 Å². The number of thiophene rings is 1. The lowest BCUT2D eigenvalue weighted by atomic mass is 10.2. The van der Waals surface area contributed by atoms with Crippen LogP contribution in [0.3, 0.4) is 0 Å². The van der Waals surface area contributed by atoms with E-state index in [1.807, 2.05) is 17.0 Å². The molecule has 0 radical (unpaired) electrons. The number of aromatic nitrogens is 1. The molecule has 110 valence electrons. The second kappa shape index (κ2) is 6.49. The Balaban J connectivity index is 1.64. The predicted molar refractivity (Wildman–Crippen MR) is 87.4 cm³/mol. The minimum absolute atomic E-state index is 0.187. The maximum absolute atomic E-state index is 12.5. The van der Waals surface area contributed by atoms with Gasteiger partial charge in [0.15, 0.2) is 0 Å². The molecule has 1 atom stereocenters. The van der Waals surface area contributed by atoms with E-state index in [2.05, 4.69) is 16.4 Å². The fraction of sp³-hybridized carbons (Fsp3) is 0.333. The highest BCUT2D eigenvalue weighted by Gasteiger charge is 2.30. The Hall–Kier alpha value is -1.53. The molecule has 0 saturated carbocycles. The molecule has 2 aromatic heterocycles. The topological polar surface area (TPSA) is 59.2 Å². The van der Waals surface area contributed by atoms with Crippen molar-refractivity contribution in [3.05, 3.63) is 40.8 Å². The molecule has 2 N–H and O–H groups in total. The molecule has 1 aliphatic rings. The van der Waals surface area contributed by atoms with Gasteiger partial charge in [-0.15, -0.1) is 23.1 Å². The number of likely N-dealkylation sites (tertiary alicyclic amines) is 1. The molecule has 0 aromatic carbocycles. The average molecular weight is 319 g/mol. The smallest absolute Gasteiger partial charge is 0.233 e. The van der Waals surface area contributed by atoms with Gasteiger partial charge in [0.25, 0.3) is 0 Å². The molecular weight excluding hydrogens is 302 g/mol. The largest absolute Gasteiger partial charge is 0.397 e. The molecular formula is C15H17N3OS2. The van der Waals surface area contributed by atoms with Gasteiger partial charge in [0, 0.05) is 22.5 Å². The van der Waals surface area contributed by atoms with Crippen molar-refractivity contribution in [3.8, 4) is 0 Å². The molecule has 0 spiro atoms. The first-order valence-electron chi connectivity index (χ1n) is 6.91. The van der Waals surface area contributed by atoms with Crippen molar-refractivity contribution in [2.24, 2.45) is 0 Å². The third kappa shape index (κ3) is 3.22. The zero-order valence-electron chi connectivity index (χ0n) is 11.6. The van der Waals surface area contributed by atoms with E-state index < -0.39 is 0 Å².